The number of sulfone groups is 1. The first-order valence-electron chi connectivity index (χ1n) is 12.3. The summed E-state index contributed by atoms with van der Waals surface area (Å²) in [6.45, 7) is 6.23. The van der Waals surface area contributed by atoms with Crippen LogP contribution in [0.2, 0.25) is 10.0 Å². The molecule has 1 heterocycles. The van der Waals surface area contributed by atoms with Gasteiger partial charge in [0, 0.05) is 22.5 Å². The number of nitrogens with zero attached hydrogens (tertiary/aromatic N) is 1. The molecule has 2 aromatic carbocycles. The minimum atomic E-state index is -3.59. The summed E-state index contributed by atoms with van der Waals surface area (Å²) in [4.78, 5) is 15.6. The smallest absolute Gasteiger partial charge is 0.252 e. The molecule has 1 aliphatic heterocycles. The number of rotatable bonds is 9. The molecule has 0 aliphatic carbocycles. The van der Waals surface area contributed by atoms with Crippen molar-refractivity contribution >= 4 is 38.9 Å². The van der Waals surface area contributed by atoms with Gasteiger partial charge in [-0.25, -0.2) is 8.42 Å². The topological polar surface area (TPSA) is 104 Å². The second-order valence-corrected chi connectivity index (χ2v) is 14.0. The van der Waals surface area contributed by atoms with Gasteiger partial charge in [-0.05, 0) is 62.6 Å². The zero-order valence-electron chi connectivity index (χ0n) is 21.5. The van der Waals surface area contributed by atoms with Crippen molar-refractivity contribution < 1.29 is 28.2 Å². The monoisotopic (exact) mass is 571 g/mol. The Labute approximate surface area is 229 Å². The molecule has 7 nitrogen and oxygen atoms in total. The fourth-order valence-electron chi connectivity index (χ4n) is 4.48. The average molecular weight is 573 g/mol. The number of halogens is 2. The lowest BCUT2D eigenvalue weighted by molar-refractivity contribution is -0.182. The number of aliphatic hydroxyl groups excluding tert-OH is 2. The number of hydrogen-bond acceptors (Lipinski definition) is 6. The Morgan fingerprint density at radius 1 is 1.05 bits per heavy atom. The van der Waals surface area contributed by atoms with Crippen molar-refractivity contribution in [2.75, 3.05) is 12.4 Å². The van der Waals surface area contributed by atoms with E-state index in [-0.39, 0.29) is 12.2 Å². The van der Waals surface area contributed by atoms with Crippen LogP contribution < -0.4 is 0 Å². The number of ether oxygens (including phenoxy) is 1. The Hall–Kier alpha value is -1.68. The summed E-state index contributed by atoms with van der Waals surface area (Å²) in [7, 11) is -3.59. The maximum atomic E-state index is 14.0. The molecule has 0 spiro atoms. The molecule has 0 radical (unpaired) electrons. The van der Waals surface area contributed by atoms with Crippen molar-refractivity contribution in [3.63, 3.8) is 0 Å². The third-order valence-corrected chi connectivity index (χ3v) is 9.90. The number of carbonyl (C=O) groups is 1. The largest absolute Gasteiger partial charge is 0.394 e. The van der Waals surface area contributed by atoms with E-state index in [1.54, 1.807) is 68.1 Å². The summed E-state index contributed by atoms with van der Waals surface area (Å²) >= 11 is 12.5. The molecule has 2 aromatic rings. The third kappa shape index (κ3) is 6.85. The normalized spacial score (nSPS) is 22.6. The minimum Gasteiger partial charge on any atom is -0.394 e. The van der Waals surface area contributed by atoms with Gasteiger partial charge in [-0.1, -0.05) is 54.4 Å². The van der Waals surface area contributed by atoms with E-state index in [0.717, 1.165) is 5.56 Å². The molecule has 1 fully saturated rings. The molecule has 0 unspecified atom stereocenters. The highest BCUT2D eigenvalue weighted by atomic mass is 35.5. The summed E-state index contributed by atoms with van der Waals surface area (Å²) in [6.07, 6.45) is -2.76. The Balaban J connectivity index is 2.20. The summed E-state index contributed by atoms with van der Waals surface area (Å²) in [6, 6.07) is 12.7. The van der Waals surface area contributed by atoms with Gasteiger partial charge in [0.25, 0.3) is 5.91 Å². The average Bonchev–Trinajstić information content (AvgIpc) is 2.83. The van der Waals surface area contributed by atoms with Crippen molar-refractivity contribution in [2.45, 2.75) is 75.7 Å². The molecule has 1 aliphatic rings. The molecule has 37 heavy (non-hydrogen) atoms. The van der Waals surface area contributed by atoms with Gasteiger partial charge in [0.05, 0.1) is 29.3 Å². The minimum absolute atomic E-state index is 0.140. The SMILES string of the molecule is CC[C@@H](CS(=O)(=O)C(C)(C)C)N1C(=O)[C@H](C[C@H](O)CO)O[C@H](c2cccc(Cl)c2)[C@H]1c1ccc(Cl)cc1. The Bertz CT molecular complexity index is 1180. The molecule has 0 saturated carbocycles. The van der Waals surface area contributed by atoms with Crippen LogP contribution in [0.1, 0.15) is 63.8 Å². The predicted molar refractivity (Wildman–Crippen MR) is 145 cm³/mol. The van der Waals surface area contributed by atoms with Gasteiger partial charge < -0.3 is 19.8 Å². The maximum absolute atomic E-state index is 14.0. The van der Waals surface area contributed by atoms with Crippen molar-refractivity contribution in [3.8, 4) is 0 Å². The third-order valence-electron chi connectivity index (χ3n) is 6.72. The molecule has 0 aromatic heterocycles. The summed E-state index contributed by atoms with van der Waals surface area (Å²) in [5.41, 5.74) is 1.41. The summed E-state index contributed by atoms with van der Waals surface area (Å²) in [5, 5.41) is 20.6. The van der Waals surface area contributed by atoms with E-state index in [9.17, 15) is 23.4 Å². The second-order valence-electron chi connectivity index (χ2n) is 10.4. The van der Waals surface area contributed by atoms with Crippen LogP contribution in [0, 0.1) is 0 Å². The molecular weight excluding hydrogens is 537 g/mol. The van der Waals surface area contributed by atoms with Crippen LogP contribution in [0.25, 0.3) is 0 Å². The molecule has 5 atom stereocenters. The van der Waals surface area contributed by atoms with Crippen molar-refractivity contribution in [1.82, 2.24) is 4.90 Å². The Morgan fingerprint density at radius 3 is 2.24 bits per heavy atom. The zero-order chi connectivity index (χ0) is 27.5. The first kappa shape index (κ1) is 29.9. The van der Waals surface area contributed by atoms with E-state index in [1.165, 1.54) is 0 Å². The van der Waals surface area contributed by atoms with Crippen LogP contribution in [0.3, 0.4) is 0 Å². The van der Waals surface area contributed by atoms with Gasteiger partial charge in [0.2, 0.25) is 0 Å². The second kappa shape index (κ2) is 12.0. The number of morpholine rings is 1. The molecule has 3 rings (SSSR count). The van der Waals surface area contributed by atoms with Crippen LogP contribution in [-0.2, 0) is 19.4 Å². The van der Waals surface area contributed by atoms with Crippen LogP contribution in [0.5, 0.6) is 0 Å². The maximum Gasteiger partial charge on any atom is 0.252 e. The van der Waals surface area contributed by atoms with Gasteiger partial charge in [-0.3, -0.25) is 4.79 Å². The number of benzene rings is 2. The lowest BCUT2D eigenvalue weighted by Crippen LogP contribution is -2.57. The highest BCUT2D eigenvalue weighted by Gasteiger charge is 2.48. The lowest BCUT2D eigenvalue weighted by atomic mass is 9.89. The lowest BCUT2D eigenvalue weighted by Gasteiger charge is -2.48. The predicted octanol–water partition coefficient (Wildman–Crippen LogP) is 4.74. The molecule has 204 valence electrons. The molecule has 0 bridgehead atoms. The van der Waals surface area contributed by atoms with E-state index in [0.29, 0.717) is 22.0 Å². The number of hydrogen-bond donors (Lipinski definition) is 2. The van der Waals surface area contributed by atoms with Gasteiger partial charge in [0.1, 0.15) is 12.2 Å². The number of amides is 1. The van der Waals surface area contributed by atoms with Crippen LogP contribution in [-0.4, -0.2) is 64.8 Å². The molecular formula is C27H35Cl2NO6S. The molecule has 10 heteroatoms. The van der Waals surface area contributed by atoms with Gasteiger partial charge >= 0.3 is 0 Å². The summed E-state index contributed by atoms with van der Waals surface area (Å²) in [5.74, 6) is -0.679. The Kier molecular flexibility index (Phi) is 9.70. The van der Waals surface area contributed by atoms with Crippen molar-refractivity contribution in [3.05, 3.63) is 69.7 Å². The van der Waals surface area contributed by atoms with Crippen LogP contribution in [0.4, 0.5) is 0 Å². The van der Waals surface area contributed by atoms with Crippen molar-refractivity contribution in [2.24, 2.45) is 0 Å². The van der Waals surface area contributed by atoms with E-state index in [4.69, 9.17) is 27.9 Å². The van der Waals surface area contributed by atoms with E-state index < -0.39 is 57.5 Å². The van der Waals surface area contributed by atoms with Crippen LogP contribution >= 0.6 is 23.2 Å². The number of carbonyl (C=O) groups excluding carboxylic acids is 1. The van der Waals surface area contributed by atoms with Gasteiger partial charge in [-0.15, -0.1) is 0 Å². The quantitative estimate of drug-likeness (QED) is 0.450. The Morgan fingerprint density at radius 2 is 1.70 bits per heavy atom. The van der Waals surface area contributed by atoms with Crippen molar-refractivity contribution in [1.29, 1.82) is 0 Å². The zero-order valence-corrected chi connectivity index (χ0v) is 23.8. The van der Waals surface area contributed by atoms with Gasteiger partial charge in [-0.2, -0.15) is 0 Å². The highest BCUT2D eigenvalue weighted by Crippen LogP contribution is 2.45. The number of aliphatic hydroxyl groups is 2. The van der Waals surface area contributed by atoms with Gasteiger partial charge in [0.15, 0.2) is 9.84 Å². The molecule has 1 amide bonds. The first-order chi connectivity index (χ1) is 17.3. The van der Waals surface area contributed by atoms with E-state index in [1.807, 2.05) is 13.0 Å². The van der Waals surface area contributed by atoms with E-state index >= 15 is 0 Å². The van der Waals surface area contributed by atoms with E-state index in [2.05, 4.69) is 0 Å². The summed E-state index contributed by atoms with van der Waals surface area (Å²) < 4.78 is 31.9. The standard InChI is InChI=1S/C27H35Cl2NO6S/c1-5-21(16-37(34,35)27(2,3)4)30-24(17-9-11-19(28)12-10-17)25(18-7-6-8-20(29)13-18)36-23(26(30)33)14-22(32)15-31/h6-13,21-25,31-32H,5,14-16H2,1-4H3/t21-,22-,23-,24+,25+/m0/s1. The first-order valence-corrected chi connectivity index (χ1v) is 14.7. The molecule has 1 saturated heterocycles. The van der Waals surface area contributed by atoms with Crippen LogP contribution in [0.15, 0.2) is 48.5 Å². The fourth-order valence-corrected chi connectivity index (χ4v) is 6.21. The highest BCUT2D eigenvalue weighted by molar-refractivity contribution is 7.92. The fraction of sp³-hybridized carbons (Fsp3) is 0.519. The molecule has 2 N–H and O–H groups in total.